The Morgan fingerprint density at radius 3 is 2.35 bits per heavy atom. The predicted molar refractivity (Wildman–Crippen MR) is 164 cm³/mol. The number of hydrogen-bond donors (Lipinski definition) is 0. The molecule has 3 aromatic carbocycles. The van der Waals surface area contributed by atoms with Gasteiger partial charge in [0.2, 0.25) is 0 Å². The third-order valence-electron chi connectivity index (χ3n) is 7.81. The van der Waals surface area contributed by atoms with E-state index in [4.69, 9.17) is 4.98 Å². The fraction of sp³-hybridized carbons (Fsp3) is 0.176. The van der Waals surface area contributed by atoms with Gasteiger partial charge in [0.15, 0.2) is 0 Å². The molecule has 5 nitrogen and oxygen atoms in total. The van der Waals surface area contributed by atoms with Crippen molar-refractivity contribution in [1.29, 1.82) is 0 Å². The van der Waals surface area contributed by atoms with Crippen LogP contribution in [0.1, 0.15) is 21.6 Å². The van der Waals surface area contributed by atoms with Gasteiger partial charge in [-0.05, 0) is 48.7 Å². The molecule has 0 spiro atoms. The first kappa shape index (κ1) is 24.8. The summed E-state index contributed by atoms with van der Waals surface area (Å²) in [5.41, 5.74) is 7.40. The van der Waals surface area contributed by atoms with E-state index in [0.717, 1.165) is 55.2 Å². The average Bonchev–Trinajstić information content (AvgIpc) is 3.60. The van der Waals surface area contributed by atoms with Crippen molar-refractivity contribution in [1.82, 2.24) is 19.2 Å². The van der Waals surface area contributed by atoms with E-state index in [0.29, 0.717) is 0 Å². The van der Waals surface area contributed by atoms with E-state index >= 15 is 0 Å². The number of hydrogen-bond acceptors (Lipinski definition) is 4. The van der Waals surface area contributed by atoms with E-state index < -0.39 is 0 Å². The fourth-order valence-electron chi connectivity index (χ4n) is 5.54. The van der Waals surface area contributed by atoms with Crippen LogP contribution in [0.15, 0.2) is 103 Å². The highest BCUT2D eigenvalue weighted by molar-refractivity contribution is 7.22. The number of nitrogens with zero attached hydrogens (tertiary/aromatic N) is 4. The molecule has 198 valence electrons. The summed E-state index contributed by atoms with van der Waals surface area (Å²) < 4.78 is 3.57. The first-order valence-electron chi connectivity index (χ1n) is 13.8. The van der Waals surface area contributed by atoms with Gasteiger partial charge in [0.05, 0.1) is 11.4 Å². The number of carbonyl (C=O) groups is 1. The van der Waals surface area contributed by atoms with Gasteiger partial charge in [-0.1, -0.05) is 66.2 Å². The Labute approximate surface area is 237 Å². The number of benzene rings is 3. The van der Waals surface area contributed by atoms with Crippen molar-refractivity contribution in [3.05, 3.63) is 120 Å². The van der Waals surface area contributed by atoms with Crippen molar-refractivity contribution >= 4 is 33.0 Å². The molecule has 1 fully saturated rings. The summed E-state index contributed by atoms with van der Waals surface area (Å²) in [7, 11) is 0. The lowest BCUT2D eigenvalue weighted by molar-refractivity contribution is 0.0627. The molecule has 7 rings (SSSR count). The molecule has 6 aromatic rings. The smallest absolute Gasteiger partial charge is 0.253 e. The summed E-state index contributed by atoms with van der Waals surface area (Å²) in [6, 6.07) is 33.5. The predicted octanol–water partition coefficient (Wildman–Crippen LogP) is 7.15. The van der Waals surface area contributed by atoms with Crippen molar-refractivity contribution in [2.75, 3.05) is 26.2 Å². The standard InChI is InChI=1S/C34H30N4OS/c1-24-11-13-26(14-12-24)34(39)37-19-17-36(18-20-37)23-29-33(25-7-3-2-4-8-25)35-32-16-15-28(22-38(29)32)31-21-27-9-5-6-10-30(27)40-31/h2-16,21-22H,17-20,23H2,1H3. The molecular weight excluding hydrogens is 512 g/mol. The molecule has 1 aliphatic heterocycles. The fourth-order valence-corrected chi connectivity index (χ4v) is 6.59. The summed E-state index contributed by atoms with van der Waals surface area (Å²) >= 11 is 1.82. The van der Waals surface area contributed by atoms with Crippen LogP contribution in [0.2, 0.25) is 0 Å². The van der Waals surface area contributed by atoms with Gasteiger partial charge < -0.3 is 9.30 Å². The number of pyridine rings is 1. The zero-order valence-corrected chi connectivity index (χ0v) is 23.3. The maximum atomic E-state index is 13.1. The van der Waals surface area contributed by atoms with Crippen LogP contribution in [0, 0.1) is 6.92 Å². The number of piperazine rings is 1. The second-order valence-electron chi connectivity index (χ2n) is 10.5. The van der Waals surface area contributed by atoms with Crippen LogP contribution in [0.25, 0.3) is 37.4 Å². The van der Waals surface area contributed by atoms with Crippen LogP contribution in [0.5, 0.6) is 0 Å². The Morgan fingerprint density at radius 1 is 0.825 bits per heavy atom. The van der Waals surface area contributed by atoms with Gasteiger partial charge in [-0.2, -0.15) is 0 Å². The number of carbonyl (C=O) groups excluding carboxylic acids is 1. The summed E-state index contributed by atoms with van der Waals surface area (Å²) in [6.07, 6.45) is 2.24. The topological polar surface area (TPSA) is 40.9 Å². The van der Waals surface area contributed by atoms with Gasteiger partial charge in [-0.25, -0.2) is 4.98 Å². The largest absolute Gasteiger partial charge is 0.336 e. The van der Waals surface area contributed by atoms with Crippen LogP contribution in [-0.2, 0) is 6.54 Å². The normalized spacial score (nSPS) is 14.3. The number of fused-ring (bicyclic) bond motifs is 2. The highest BCUT2D eigenvalue weighted by Crippen LogP contribution is 2.35. The zero-order chi connectivity index (χ0) is 27.1. The Kier molecular flexibility index (Phi) is 6.42. The Bertz CT molecular complexity index is 1780. The molecular formula is C34H30N4OS. The van der Waals surface area contributed by atoms with Gasteiger partial charge in [-0.3, -0.25) is 9.69 Å². The SMILES string of the molecule is Cc1ccc(C(=O)N2CCN(Cc3c(-c4ccccc4)nc4ccc(-c5cc6ccccc6s5)cn34)CC2)cc1. The first-order valence-corrected chi connectivity index (χ1v) is 14.6. The van der Waals surface area contributed by atoms with Crippen molar-refractivity contribution in [3.8, 4) is 21.7 Å². The molecule has 0 aliphatic carbocycles. The maximum absolute atomic E-state index is 13.1. The van der Waals surface area contributed by atoms with Gasteiger partial charge in [0.25, 0.3) is 5.91 Å². The van der Waals surface area contributed by atoms with Crippen LogP contribution in [0.4, 0.5) is 0 Å². The lowest BCUT2D eigenvalue weighted by Gasteiger charge is -2.34. The number of aryl methyl sites for hydroxylation is 1. The lowest BCUT2D eigenvalue weighted by Crippen LogP contribution is -2.48. The minimum atomic E-state index is 0.118. The summed E-state index contributed by atoms with van der Waals surface area (Å²) in [6.45, 7) is 5.91. The molecule has 3 aromatic heterocycles. The molecule has 1 saturated heterocycles. The number of thiophene rings is 1. The van der Waals surface area contributed by atoms with E-state index in [1.807, 2.05) is 53.5 Å². The van der Waals surface area contributed by atoms with Gasteiger partial charge in [-0.15, -0.1) is 11.3 Å². The third kappa shape index (κ3) is 4.70. The van der Waals surface area contributed by atoms with Crippen molar-refractivity contribution < 1.29 is 4.79 Å². The highest BCUT2D eigenvalue weighted by Gasteiger charge is 2.24. The maximum Gasteiger partial charge on any atom is 0.253 e. The van der Waals surface area contributed by atoms with Gasteiger partial charge in [0, 0.05) is 65.2 Å². The average molecular weight is 543 g/mol. The molecule has 0 radical (unpaired) electrons. The van der Waals surface area contributed by atoms with Crippen LogP contribution in [0.3, 0.4) is 0 Å². The van der Waals surface area contributed by atoms with E-state index in [9.17, 15) is 4.79 Å². The van der Waals surface area contributed by atoms with Crippen LogP contribution in [-0.4, -0.2) is 51.3 Å². The second kappa shape index (κ2) is 10.4. The number of rotatable bonds is 5. The Balaban J connectivity index is 1.19. The van der Waals surface area contributed by atoms with Crippen molar-refractivity contribution in [3.63, 3.8) is 0 Å². The lowest BCUT2D eigenvalue weighted by atomic mass is 10.1. The molecule has 4 heterocycles. The molecule has 1 aliphatic rings. The van der Waals surface area contributed by atoms with E-state index in [-0.39, 0.29) is 5.91 Å². The quantitative estimate of drug-likeness (QED) is 0.232. The number of imidazole rings is 1. The van der Waals surface area contributed by atoms with Gasteiger partial charge in [0.1, 0.15) is 5.65 Å². The first-order chi connectivity index (χ1) is 19.6. The summed E-state index contributed by atoms with van der Waals surface area (Å²) in [5, 5.41) is 1.27. The van der Waals surface area contributed by atoms with Crippen molar-refractivity contribution in [2.45, 2.75) is 13.5 Å². The molecule has 6 heteroatoms. The third-order valence-corrected chi connectivity index (χ3v) is 8.97. The molecule has 1 amide bonds. The number of amides is 1. The highest BCUT2D eigenvalue weighted by atomic mass is 32.1. The zero-order valence-electron chi connectivity index (χ0n) is 22.5. The molecule has 0 atom stereocenters. The Hall–Kier alpha value is -4.26. The number of aromatic nitrogens is 2. The van der Waals surface area contributed by atoms with Crippen LogP contribution < -0.4 is 0 Å². The van der Waals surface area contributed by atoms with Gasteiger partial charge >= 0.3 is 0 Å². The second-order valence-corrected chi connectivity index (χ2v) is 11.6. The van der Waals surface area contributed by atoms with E-state index in [2.05, 4.69) is 82.2 Å². The monoisotopic (exact) mass is 542 g/mol. The minimum absolute atomic E-state index is 0.118. The molecule has 0 saturated carbocycles. The molecule has 0 N–H and O–H groups in total. The van der Waals surface area contributed by atoms with Crippen LogP contribution >= 0.6 is 11.3 Å². The minimum Gasteiger partial charge on any atom is -0.336 e. The summed E-state index contributed by atoms with van der Waals surface area (Å²) in [4.78, 5) is 23.9. The molecule has 40 heavy (non-hydrogen) atoms. The summed E-state index contributed by atoms with van der Waals surface area (Å²) in [5.74, 6) is 0.118. The van der Waals surface area contributed by atoms with Crippen molar-refractivity contribution in [2.24, 2.45) is 0 Å². The van der Waals surface area contributed by atoms with E-state index in [1.165, 1.54) is 31.8 Å². The molecule has 0 unspecified atom stereocenters. The van der Waals surface area contributed by atoms with E-state index in [1.54, 1.807) is 0 Å². The Morgan fingerprint density at radius 2 is 1.57 bits per heavy atom. The molecule has 0 bridgehead atoms.